The van der Waals surface area contributed by atoms with Crippen molar-refractivity contribution in [1.29, 1.82) is 0 Å². The molecular weight excluding hydrogens is 362 g/mol. The van der Waals surface area contributed by atoms with Gasteiger partial charge in [0.25, 0.3) is 5.91 Å². The third-order valence-corrected chi connectivity index (χ3v) is 4.32. The Morgan fingerprint density at radius 3 is 2.46 bits per heavy atom. The van der Waals surface area contributed by atoms with Crippen LogP contribution in [0.25, 0.3) is 11.0 Å². The molecule has 1 amide bonds. The van der Waals surface area contributed by atoms with E-state index in [0.29, 0.717) is 28.3 Å². The van der Waals surface area contributed by atoms with E-state index in [2.05, 4.69) is 5.32 Å². The monoisotopic (exact) mass is 383 g/mol. The van der Waals surface area contributed by atoms with Crippen LogP contribution in [0.1, 0.15) is 23.0 Å². The number of nitrogens with one attached hydrogen (secondary N) is 1. The van der Waals surface area contributed by atoms with Gasteiger partial charge in [0.05, 0.1) is 14.2 Å². The number of amides is 1. The summed E-state index contributed by atoms with van der Waals surface area (Å²) < 4.78 is 21.2. The van der Waals surface area contributed by atoms with Crippen LogP contribution in [0.3, 0.4) is 0 Å². The van der Waals surface area contributed by atoms with Gasteiger partial charge in [-0.1, -0.05) is 6.07 Å². The Morgan fingerprint density at radius 1 is 1.04 bits per heavy atom. The summed E-state index contributed by atoms with van der Waals surface area (Å²) in [5.41, 5.74) is 1.71. The molecule has 0 saturated carbocycles. The topological polar surface area (TPSA) is 87.0 Å². The van der Waals surface area contributed by atoms with Crippen molar-refractivity contribution in [3.05, 3.63) is 53.8 Å². The molecule has 0 saturated heterocycles. The van der Waals surface area contributed by atoms with Crippen molar-refractivity contribution in [1.82, 2.24) is 0 Å². The van der Waals surface area contributed by atoms with E-state index in [0.717, 1.165) is 5.39 Å². The van der Waals surface area contributed by atoms with Gasteiger partial charge in [-0.2, -0.15) is 0 Å². The summed E-state index contributed by atoms with van der Waals surface area (Å²) in [4.78, 5) is 24.9. The fourth-order valence-electron chi connectivity index (χ4n) is 2.73. The first kappa shape index (κ1) is 19.3. The van der Waals surface area contributed by atoms with E-state index in [9.17, 15) is 9.59 Å². The van der Waals surface area contributed by atoms with Crippen LogP contribution >= 0.6 is 0 Å². The van der Waals surface area contributed by atoms with Crippen LogP contribution in [0.2, 0.25) is 0 Å². The summed E-state index contributed by atoms with van der Waals surface area (Å²) in [7, 11) is 3.10. The first-order valence-corrected chi connectivity index (χ1v) is 8.66. The van der Waals surface area contributed by atoms with E-state index >= 15 is 0 Å². The largest absolute Gasteiger partial charge is 0.497 e. The number of hydrogen-bond donors (Lipinski definition) is 1. The molecule has 0 fully saturated rings. The van der Waals surface area contributed by atoms with E-state index in [1.165, 1.54) is 14.0 Å². The Morgan fingerprint density at radius 2 is 1.75 bits per heavy atom. The van der Waals surface area contributed by atoms with Crippen molar-refractivity contribution >= 4 is 28.5 Å². The van der Waals surface area contributed by atoms with Gasteiger partial charge in [0.1, 0.15) is 17.1 Å². The molecule has 1 N–H and O–H groups in total. The van der Waals surface area contributed by atoms with Crippen molar-refractivity contribution in [2.24, 2.45) is 0 Å². The standard InChI is InChI=1S/C21H21NO6/c1-12-17-11-16(26-4)8-9-18(17)28-19(12)21(24)27-13(2)20(23)22-14-6-5-7-15(10-14)25-3/h5-11,13H,1-4H3,(H,22,23)/t13-/m1/s1. The number of carbonyl (C=O) groups excluding carboxylic acids is 2. The Balaban J connectivity index is 1.72. The highest BCUT2D eigenvalue weighted by atomic mass is 16.6. The van der Waals surface area contributed by atoms with E-state index in [-0.39, 0.29) is 5.76 Å². The molecule has 28 heavy (non-hydrogen) atoms. The molecule has 7 heteroatoms. The molecule has 3 aromatic rings. The maximum atomic E-state index is 12.5. The average Bonchev–Trinajstić information content (AvgIpc) is 3.04. The fraction of sp³-hybridized carbons (Fsp3) is 0.238. The molecule has 7 nitrogen and oxygen atoms in total. The smallest absolute Gasteiger partial charge is 0.375 e. The van der Waals surface area contributed by atoms with Gasteiger partial charge < -0.3 is 23.9 Å². The molecule has 3 rings (SSSR count). The van der Waals surface area contributed by atoms with Gasteiger partial charge in [0, 0.05) is 22.7 Å². The summed E-state index contributed by atoms with van der Waals surface area (Å²) in [6.07, 6.45) is -1.01. The lowest BCUT2D eigenvalue weighted by Gasteiger charge is -2.13. The number of carbonyl (C=O) groups is 2. The summed E-state index contributed by atoms with van der Waals surface area (Å²) in [5.74, 6) is 0.153. The van der Waals surface area contributed by atoms with Crippen LogP contribution in [0.15, 0.2) is 46.9 Å². The number of rotatable bonds is 6. The van der Waals surface area contributed by atoms with E-state index < -0.39 is 18.0 Å². The minimum Gasteiger partial charge on any atom is -0.497 e. The predicted octanol–water partition coefficient (Wildman–Crippen LogP) is 3.94. The van der Waals surface area contributed by atoms with Gasteiger partial charge in [0.2, 0.25) is 5.76 Å². The number of ether oxygens (including phenoxy) is 3. The second-order valence-corrected chi connectivity index (χ2v) is 6.19. The Hall–Kier alpha value is -3.48. The van der Waals surface area contributed by atoms with Gasteiger partial charge in [-0.3, -0.25) is 4.79 Å². The van der Waals surface area contributed by atoms with Gasteiger partial charge in [-0.15, -0.1) is 0 Å². The van der Waals surface area contributed by atoms with Gasteiger partial charge in [-0.05, 0) is 44.2 Å². The summed E-state index contributed by atoms with van der Waals surface area (Å²) >= 11 is 0. The summed E-state index contributed by atoms with van der Waals surface area (Å²) in [6.45, 7) is 3.25. The van der Waals surface area contributed by atoms with Crippen LogP contribution < -0.4 is 14.8 Å². The molecule has 0 radical (unpaired) electrons. The lowest BCUT2D eigenvalue weighted by atomic mass is 10.1. The average molecular weight is 383 g/mol. The number of esters is 1. The van der Waals surface area contributed by atoms with Crippen LogP contribution in [-0.2, 0) is 9.53 Å². The summed E-state index contributed by atoms with van der Waals surface area (Å²) in [5, 5.41) is 3.44. The van der Waals surface area contributed by atoms with E-state index in [4.69, 9.17) is 18.6 Å². The minimum absolute atomic E-state index is 0.0595. The van der Waals surface area contributed by atoms with Gasteiger partial charge in [0.15, 0.2) is 6.10 Å². The van der Waals surface area contributed by atoms with Gasteiger partial charge >= 0.3 is 5.97 Å². The second-order valence-electron chi connectivity index (χ2n) is 6.19. The molecule has 0 bridgehead atoms. The summed E-state index contributed by atoms with van der Waals surface area (Å²) in [6, 6.07) is 12.1. The molecular formula is C21H21NO6. The molecule has 2 aromatic carbocycles. The van der Waals surface area contributed by atoms with E-state index in [1.54, 1.807) is 56.5 Å². The second kappa shape index (κ2) is 8.04. The lowest BCUT2D eigenvalue weighted by molar-refractivity contribution is -0.123. The third kappa shape index (κ3) is 3.93. The molecule has 1 atom stereocenters. The van der Waals surface area contributed by atoms with Gasteiger partial charge in [-0.25, -0.2) is 4.79 Å². The van der Waals surface area contributed by atoms with Crippen LogP contribution in [0, 0.1) is 6.92 Å². The molecule has 0 aliphatic carbocycles. The van der Waals surface area contributed by atoms with Crippen molar-refractivity contribution in [3.63, 3.8) is 0 Å². The molecule has 1 aromatic heterocycles. The quantitative estimate of drug-likeness (QED) is 0.649. The molecule has 1 heterocycles. The highest BCUT2D eigenvalue weighted by Crippen LogP contribution is 2.29. The predicted molar refractivity (Wildman–Crippen MR) is 104 cm³/mol. The normalized spacial score (nSPS) is 11.7. The first-order valence-electron chi connectivity index (χ1n) is 8.66. The zero-order valence-electron chi connectivity index (χ0n) is 16.1. The fourth-order valence-corrected chi connectivity index (χ4v) is 2.73. The number of hydrogen-bond acceptors (Lipinski definition) is 6. The Labute approximate surface area is 162 Å². The SMILES string of the molecule is COc1cccc(NC(=O)[C@@H](C)OC(=O)c2oc3ccc(OC)cc3c2C)c1. The highest BCUT2D eigenvalue weighted by Gasteiger charge is 2.24. The maximum Gasteiger partial charge on any atom is 0.375 e. The number of benzene rings is 2. The van der Waals surface area contributed by atoms with Crippen molar-refractivity contribution in [2.45, 2.75) is 20.0 Å². The first-order chi connectivity index (χ1) is 13.4. The lowest BCUT2D eigenvalue weighted by Crippen LogP contribution is -2.30. The van der Waals surface area contributed by atoms with E-state index in [1.807, 2.05) is 0 Å². The molecule has 0 aliphatic heterocycles. The zero-order valence-corrected chi connectivity index (χ0v) is 16.1. The third-order valence-electron chi connectivity index (χ3n) is 4.32. The van der Waals surface area contributed by atoms with Crippen LogP contribution in [0.4, 0.5) is 5.69 Å². The molecule has 0 aliphatic rings. The number of anilines is 1. The number of aryl methyl sites for hydroxylation is 1. The maximum absolute atomic E-state index is 12.5. The number of furan rings is 1. The van der Waals surface area contributed by atoms with Crippen LogP contribution in [0.5, 0.6) is 11.5 Å². The zero-order chi connectivity index (χ0) is 20.3. The number of fused-ring (bicyclic) bond motifs is 1. The Kier molecular flexibility index (Phi) is 5.54. The Bertz CT molecular complexity index is 1020. The minimum atomic E-state index is -1.01. The molecule has 146 valence electrons. The molecule has 0 unspecified atom stereocenters. The van der Waals surface area contributed by atoms with Crippen molar-refractivity contribution in [3.8, 4) is 11.5 Å². The number of methoxy groups -OCH3 is 2. The highest BCUT2D eigenvalue weighted by molar-refractivity contribution is 5.99. The van der Waals surface area contributed by atoms with Crippen molar-refractivity contribution in [2.75, 3.05) is 19.5 Å². The van der Waals surface area contributed by atoms with Crippen LogP contribution in [-0.4, -0.2) is 32.2 Å². The molecule has 0 spiro atoms. The van der Waals surface area contributed by atoms with Crippen molar-refractivity contribution < 1.29 is 28.2 Å².